The fraction of sp³-hybridized carbons (Fsp3) is 0.389. The van der Waals surface area contributed by atoms with E-state index in [1.54, 1.807) is 11.3 Å². The van der Waals surface area contributed by atoms with Crippen molar-refractivity contribution < 1.29 is 19.3 Å². The molecule has 0 saturated heterocycles. The van der Waals surface area contributed by atoms with Crippen LogP contribution >= 0.6 is 11.3 Å². The van der Waals surface area contributed by atoms with E-state index in [1.165, 1.54) is 0 Å². The van der Waals surface area contributed by atoms with Crippen molar-refractivity contribution in [3.05, 3.63) is 40.3 Å². The number of aliphatic hydroxyl groups is 1. The van der Waals surface area contributed by atoms with Gasteiger partial charge in [0.25, 0.3) is 0 Å². The summed E-state index contributed by atoms with van der Waals surface area (Å²) in [5, 5.41) is 12.4. The molecular weight excluding hydrogens is 340 g/mol. The molecule has 4 rings (SSSR count). The van der Waals surface area contributed by atoms with E-state index in [4.69, 9.17) is 14.2 Å². The predicted octanol–water partition coefficient (Wildman–Crippen LogP) is 2.76. The van der Waals surface area contributed by atoms with Crippen LogP contribution in [0.2, 0.25) is 0 Å². The molecular formula is C18H20N2O4S. The van der Waals surface area contributed by atoms with E-state index in [9.17, 15) is 5.11 Å². The Balaban J connectivity index is 1.47. The molecule has 6 nitrogen and oxygen atoms in total. The molecule has 25 heavy (non-hydrogen) atoms. The van der Waals surface area contributed by atoms with Crippen molar-refractivity contribution in [2.75, 3.05) is 19.8 Å². The second-order valence-corrected chi connectivity index (χ2v) is 7.03. The van der Waals surface area contributed by atoms with E-state index in [2.05, 4.69) is 4.98 Å². The third-order valence-electron chi connectivity index (χ3n) is 4.13. The molecule has 1 aliphatic heterocycles. The smallest absolute Gasteiger partial charge is 0.163 e. The van der Waals surface area contributed by atoms with Crippen LogP contribution in [0.4, 0.5) is 0 Å². The molecule has 0 radical (unpaired) electrons. The van der Waals surface area contributed by atoms with E-state index in [0.717, 1.165) is 33.2 Å². The van der Waals surface area contributed by atoms with Gasteiger partial charge in [-0.25, -0.2) is 4.98 Å². The van der Waals surface area contributed by atoms with E-state index < -0.39 is 6.10 Å². The average molecular weight is 360 g/mol. The van der Waals surface area contributed by atoms with Crippen LogP contribution in [0.25, 0.3) is 11.0 Å². The first-order valence-electron chi connectivity index (χ1n) is 8.25. The Hall–Kier alpha value is -2.09. The molecule has 0 aliphatic carbocycles. The molecule has 0 spiro atoms. The standard InChI is InChI=1S/C18H20N2O4S/c1-12-19-15-7-17-18(24-5-4-23-17)8-16(15)20(12)9-13(21)10-22-11-14-3-2-6-25-14/h2-3,6-8,13,21H,4-5,9-11H2,1H3/t13-/m0/s1. The first kappa shape index (κ1) is 16.4. The number of hydrogen-bond acceptors (Lipinski definition) is 6. The van der Waals surface area contributed by atoms with Crippen molar-refractivity contribution in [2.45, 2.75) is 26.2 Å². The molecule has 0 bridgehead atoms. The van der Waals surface area contributed by atoms with Crippen LogP contribution in [-0.4, -0.2) is 40.6 Å². The number of ether oxygens (including phenoxy) is 3. The Bertz CT molecular complexity index is 860. The zero-order valence-electron chi connectivity index (χ0n) is 14.0. The van der Waals surface area contributed by atoms with E-state index in [-0.39, 0.29) is 6.61 Å². The Kier molecular flexibility index (Phi) is 4.61. The van der Waals surface area contributed by atoms with Gasteiger partial charge in [0.15, 0.2) is 11.5 Å². The van der Waals surface area contributed by atoms with Crippen LogP contribution in [0.1, 0.15) is 10.7 Å². The maximum absolute atomic E-state index is 10.3. The summed E-state index contributed by atoms with van der Waals surface area (Å²) >= 11 is 1.65. The number of fused-ring (bicyclic) bond motifs is 2. The maximum atomic E-state index is 10.3. The minimum Gasteiger partial charge on any atom is -0.486 e. The molecule has 1 aromatic carbocycles. The lowest BCUT2D eigenvalue weighted by molar-refractivity contribution is 0.0215. The predicted molar refractivity (Wildman–Crippen MR) is 95.4 cm³/mol. The van der Waals surface area contributed by atoms with Crippen molar-refractivity contribution in [1.82, 2.24) is 9.55 Å². The van der Waals surface area contributed by atoms with Crippen LogP contribution in [0.5, 0.6) is 11.5 Å². The summed E-state index contributed by atoms with van der Waals surface area (Å²) in [6.07, 6.45) is -0.607. The number of aryl methyl sites for hydroxylation is 1. The zero-order valence-corrected chi connectivity index (χ0v) is 14.8. The minimum absolute atomic E-state index is 0.279. The number of benzene rings is 1. The number of hydrogen-bond donors (Lipinski definition) is 1. The minimum atomic E-state index is -0.607. The SMILES string of the molecule is Cc1nc2cc3c(cc2n1C[C@H](O)COCc1cccs1)OCCO3. The molecule has 3 heterocycles. The summed E-state index contributed by atoms with van der Waals surface area (Å²) in [7, 11) is 0. The van der Waals surface area contributed by atoms with Crippen molar-refractivity contribution in [3.63, 3.8) is 0 Å². The summed E-state index contributed by atoms with van der Waals surface area (Å²) < 4.78 is 18.9. The number of aliphatic hydroxyl groups excluding tert-OH is 1. The fourth-order valence-corrected chi connectivity index (χ4v) is 3.61. The second kappa shape index (κ2) is 7.03. The van der Waals surface area contributed by atoms with Crippen LogP contribution in [-0.2, 0) is 17.9 Å². The van der Waals surface area contributed by atoms with Gasteiger partial charge in [-0.15, -0.1) is 11.3 Å². The van der Waals surface area contributed by atoms with Gasteiger partial charge in [-0.1, -0.05) is 6.07 Å². The van der Waals surface area contributed by atoms with Gasteiger partial charge in [0.2, 0.25) is 0 Å². The molecule has 1 N–H and O–H groups in total. The lowest BCUT2D eigenvalue weighted by Crippen LogP contribution is -2.22. The number of imidazole rings is 1. The molecule has 1 aliphatic rings. The monoisotopic (exact) mass is 360 g/mol. The first-order valence-corrected chi connectivity index (χ1v) is 9.13. The molecule has 0 amide bonds. The Labute approximate surface area is 149 Å². The first-order chi connectivity index (χ1) is 12.2. The quantitative estimate of drug-likeness (QED) is 0.732. The van der Waals surface area contributed by atoms with Gasteiger partial charge < -0.3 is 23.9 Å². The highest BCUT2D eigenvalue weighted by Crippen LogP contribution is 2.34. The summed E-state index contributed by atoms with van der Waals surface area (Å²) in [5.41, 5.74) is 1.77. The van der Waals surface area contributed by atoms with Crippen molar-refractivity contribution >= 4 is 22.4 Å². The van der Waals surface area contributed by atoms with Crippen LogP contribution in [0.15, 0.2) is 29.6 Å². The van der Waals surface area contributed by atoms with Crippen molar-refractivity contribution in [2.24, 2.45) is 0 Å². The Morgan fingerprint density at radius 2 is 2.12 bits per heavy atom. The molecule has 0 saturated carbocycles. The third-order valence-corrected chi connectivity index (χ3v) is 4.98. The maximum Gasteiger partial charge on any atom is 0.163 e. The highest BCUT2D eigenvalue weighted by molar-refractivity contribution is 7.09. The molecule has 1 atom stereocenters. The van der Waals surface area contributed by atoms with Gasteiger partial charge in [0.05, 0.1) is 36.9 Å². The van der Waals surface area contributed by atoms with E-state index >= 15 is 0 Å². The van der Waals surface area contributed by atoms with E-state index in [0.29, 0.717) is 26.4 Å². The summed E-state index contributed by atoms with van der Waals surface area (Å²) in [5.74, 6) is 2.29. The van der Waals surface area contributed by atoms with Gasteiger partial charge in [0.1, 0.15) is 19.0 Å². The Morgan fingerprint density at radius 1 is 1.32 bits per heavy atom. The van der Waals surface area contributed by atoms with Crippen LogP contribution in [0, 0.1) is 6.92 Å². The van der Waals surface area contributed by atoms with Crippen molar-refractivity contribution in [3.8, 4) is 11.5 Å². The Morgan fingerprint density at radius 3 is 2.88 bits per heavy atom. The second-order valence-electron chi connectivity index (χ2n) is 6.00. The topological polar surface area (TPSA) is 65.7 Å². The van der Waals surface area contributed by atoms with Gasteiger partial charge >= 0.3 is 0 Å². The lowest BCUT2D eigenvalue weighted by Gasteiger charge is -2.19. The summed E-state index contributed by atoms with van der Waals surface area (Å²) in [6, 6.07) is 7.85. The highest BCUT2D eigenvalue weighted by Gasteiger charge is 2.18. The molecule has 3 aromatic rings. The highest BCUT2D eigenvalue weighted by atomic mass is 32.1. The van der Waals surface area contributed by atoms with Gasteiger partial charge in [-0.2, -0.15) is 0 Å². The molecule has 132 valence electrons. The van der Waals surface area contributed by atoms with Gasteiger partial charge in [-0.3, -0.25) is 0 Å². The zero-order chi connectivity index (χ0) is 17.2. The summed E-state index contributed by atoms with van der Waals surface area (Å²) in [4.78, 5) is 5.73. The van der Waals surface area contributed by atoms with Crippen LogP contribution < -0.4 is 9.47 Å². The number of aromatic nitrogens is 2. The fourth-order valence-electron chi connectivity index (χ4n) is 2.97. The number of nitrogens with zero attached hydrogens (tertiary/aromatic N) is 2. The van der Waals surface area contributed by atoms with E-state index in [1.807, 2.05) is 41.1 Å². The van der Waals surface area contributed by atoms with Crippen molar-refractivity contribution in [1.29, 1.82) is 0 Å². The molecule has 0 unspecified atom stereocenters. The van der Waals surface area contributed by atoms with Gasteiger partial charge in [-0.05, 0) is 18.4 Å². The molecule has 0 fully saturated rings. The normalized spacial score (nSPS) is 14.8. The number of thiophene rings is 1. The molecule has 7 heteroatoms. The average Bonchev–Trinajstić information content (AvgIpc) is 3.22. The summed E-state index contributed by atoms with van der Waals surface area (Å²) in [6.45, 7) is 4.26. The third kappa shape index (κ3) is 3.49. The van der Waals surface area contributed by atoms with Crippen LogP contribution in [0.3, 0.4) is 0 Å². The molecule has 2 aromatic heterocycles. The largest absolute Gasteiger partial charge is 0.486 e. The number of rotatable bonds is 6. The van der Waals surface area contributed by atoms with Gasteiger partial charge in [0, 0.05) is 17.0 Å². The lowest BCUT2D eigenvalue weighted by atomic mass is 10.2.